The Morgan fingerprint density at radius 3 is 2.92 bits per heavy atom. The van der Waals surface area contributed by atoms with Crippen LogP contribution in [0.4, 0.5) is 5.82 Å². The minimum atomic E-state index is -1.47. The van der Waals surface area contributed by atoms with E-state index in [0.717, 1.165) is 55.9 Å². The fraction of sp³-hybridized carbons (Fsp3) is 0.571. The number of ether oxygens (including phenoxy) is 1. The molecule has 0 bridgehead atoms. The number of hydrogen-bond donors (Lipinski definition) is 2. The molecule has 132 valence electrons. The van der Waals surface area contributed by atoms with E-state index < -0.39 is 11.1 Å². The van der Waals surface area contributed by atoms with Crippen LogP contribution in [0.2, 0.25) is 0 Å². The summed E-state index contributed by atoms with van der Waals surface area (Å²) in [4.78, 5) is 6.59. The van der Waals surface area contributed by atoms with Gasteiger partial charge in [-0.3, -0.25) is 9.89 Å². The van der Waals surface area contributed by atoms with Crippen molar-refractivity contribution in [2.24, 2.45) is 4.99 Å². The molecule has 1 saturated heterocycles. The summed E-state index contributed by atoms with van der Waals surface area (Å²) in [6.07, 6.45) is 0. The second-order valence-electron chi connectivity index (χ2n) is 5.37. The van der Waals surface area contributed by atoms with Gasteiger partial charge in [-0.1, -0.05) is 0 Å². The van der Waals surface area contributed by atoms with Gasteiger partial charge in [-0.2, -0.15) is 11.8 Å². The lowest BCUT2D eigenvalue weighted by molar-refractivity contribution is 0.0312. The average molecular weight is 371 g/mol. The van der Waals surface area contributed by atoms with Crippen LogP contribution in [0.3, 0.4) is 0 Å². The fourth-order valence-electron chi connectivity index (χ4n) is 2.36. The molecule has 2 aromatic heterocycles. The number of nitrogens with two attached hydrogens (primary N) is 1. The van der Waals surface area contributed by atoms with Crippen molar-refractivity contribution < 1.29 is 13.7 Å². The molecule has 0 spiro atoms. The Morgan fingerprint density at radius 1 is 1.38 bits per heavy atom. The summed E-state index contributed by atoms with van der Waals surface area (Å²) in [6.45, 7) is 4.92. The molecule has 0 aromatic carbocycles. The molecule has 1 fully saturated rings. The lowest BCUT2D eigenvalue weighted by Crippen LogP contribution is -2.35. The molecule has 0 amide bonds. The van der Waals surface area contributed by atoms with Crippen LogP contribution in [0.1, 0.15) is 11.5 Å². The largest absolute Gasteiger partial charge is 0.548 e. The number of aromatic amines is 1. The van der Waals surface area contributed by atoms with E-state index >= 15 is 0 Å². The molecular formula is C14H21N5O3S2. The van der Waals surface area contributed by atoms with Crippen molar-refractivity contribution >= 4 is 28.7 Å². The molecule has 1 aliphatic rings. The number of morpholine rings is 1. The minimum Gasteiger partial charge on any atom is -0.548 e. The highest BCUT2D eigenvalue weighted by molar-refractivity contribution is 7.98. The summed E-state index contributed by atoms with van der Waals surface area (Å²) in [6, 6.07) is 4.07. The van der Waals surface area contributed by atoms with Crippen LogP contribution in [-0.2, 0) is 17.0 Å². The van der Waals surface area contributed by atoms with Crippen LogP contribution in [0.25, 0.3) is 0 Å². The SMILES string of the molecule is Nc1n[s+]([O-])[nH]c1=NCCSCc1ccc(CN2CCOCC2)o1. The summed E-state index contributed by atoms with van der Waals surface area (Å²) in [5.41, 5.74) is 6.00. The van der Waals surface area contributed by atoms with Crippen molar-refractivity contribution in [1.29, 1.82) is 0 Å². The molecule has 1 aliphatic heterocycles. The van der Waals surface area contributed by atoms with Crippen LogP contribution in [0, 0.1) is 0 Å². The molecule has 3 rings (SSSR count). The van der Waals surface area contributed by atoms with Crippen molar-refractivity contribution in [2.75, 3.05) is 44.3 Å². The first-order valence-corrected chi connectivity index (χ1v) is 10.00. The zero-order valence-electron chi connectivity index (χ0n) is 13.3. The lowest BCUT2D eigenvalue weighted by atomic mass is 10.3. The van der Waals surface area contributed by atoms with E-state index in [-0.39, 0.29) is 5.82 Å². The van der Waals surface area contributed by atoms with Gasteiger partial charge >= 0.3 is 0 Å². The summed E-state index contributed by atoms with van der Waals surface area (Å²) in [5.74, 6) is 3.80. The third-order valence-electron chi connectivity index (χ3n) is 3.56. The number of rotatable bonds is 7. The smallest absolute Gasteiger partial charge is 0.229 e. The lowest BCUT2D eigenvalue weighted by Gasteiger charge is -2.25. The zero-order valence-corrected chi connectivity index (χ0v) is 14.9. The van der Waals surface area contributed by atoms with Crippen molar-refractivity contribution in [3.05, 3.63) is 29.1 Å². The van der Waals surface area contributed by atoms with E-state index in [1.807, 2.05) is 12.1 Å². The van der Waals surface area contributed by atoms with Gasteiger partial charge in [0.25, 0.3) is 0 Å². The van der Waals surface area contributed by atoms with E-state index in [0.29, 0.717) is 12.0 Å². The monoisotopic (exact) mass is 371 g/mol. The Bertz CT molecular complexity index is 705. The van der Waals surface area contributed by atoms with E-state index in [9.17, 15) is 4.55 Å². The van der Waals surface area contributed by atoms with Crippen molar-refractivity contribution in [2.45, 2.75) is 12.3 Å². The number of nitrogens with zero attached hydrogens (tertiary/aromatic N) is 3. The van der Waals surface area contributed by atoms with Gasteiger partial charge in [0, 0.05) is 23.2 Å². The van der Waals surface area contributed by atoms with Crippen molar-refractivity contribution in [1.82, 2.24) is 13.6 Å². The molecule has 0 aliphatic carbocycles. The molecule has 0 radical (unpaired) electrons. The highest BCUT2D eigenvalue weighted by Gasteiger charge is 2.12. The van der Waals surface area contributed by atoms with Crippen LogP contribution in [0.5, 0.6) is 0 Å². The molecule has 0 saturated carbocycles. The molecule has 2 aromatic rings. The Labute approximate surface area is 147 Å². The van der Waals surface area contributed by atoms with Gasteiger partial charge < -0.3 is 19.4 Å². The van der Waals surface area contributed by atoms with Gasteiger partial charge in [0.15, 0.2) is 11.1 Å². The third kappa shape index (κ3) is 5.08. The molecule has 8 nitrogen and oxygen atoms in total. The predicted octanol–water partition coefficient (Wildman–Crippen LogP) is 0.979. The number of nitrogens with one attached hydrogen (secondary N) is 1. The van der Waals surface area contributed by atoms with E-state index in [1.165, 1.54) is 0 Å². The molecule has 1 unspecified atom stereocenters. The van der Waals surface area contributed by atoms with Gasteiger partial charge in [0.2, 0.25) is 11.3 Å². The summed E-state index contributed by atoms with van der Waals surface area (Å²) in [7, 11) is 0. The van der Waals surface area contributed by atoms with Crippen LogP contribution in [0.15, 0.2) is 21.5 Å². The molecule has 3 N–H and O–H groups in total. The molecule has 1 atom stereocenters. The standard InChI is InChI=1S/C14H21N5O3S2/c15-13-14(18-24(20)17-13)16-3-8-23-10-12-2-1-11(22-12)9-19-4-6-21-7-5-19/h1-2H,3-10H2,(H2,15,17)(H,16,18). The Morgan fingerprint density at radius 2 is 2.17 bits per heavy atom. The number of aromatic nitrogens is 2. The predicted molar refractivity (Wildman–Crippen MR) is 93.1 cm³/mol. The fourth-order valence-corrected chi connectivity index (χ4v) is 3.73. The van der Waals surface area contributed by atoms with Crippen LogP contribution < -0.4 is 11.2 Å². The molecular weight excluding hydrogens is 350 g/mol. The van der Waals surface area contributed by atoms with E-state index in [2.05, 4.69) is 18.6 Å². The normalized spacial score (nSPS) is 17.5. The molecule has 24 heavy (non-hydrogen) atoms. The highest BCUT2D eigenvalue weighted by atomic mass is 32.2. The Kier molecular flexibility index (Phi) is 6.32. The van der Waals surface area contributed by atoms with E-state index in [4.69, 9.17) is 14.9 Å². The maximum atomic E-state index is 11.1. The van der Waals surface area contributed by atoms with Crippen LogP contribution >= 0.6 is 22.9 Å². The second kappa shape index (κ2) is 8.67. The first-order valence-electron chi connectivity index (χ1n) is 7.73. The van der Waals surface area contributed by atoms with Crippen molar-refractivity contribution in [3.8, 4) is 0 Å². The van der Waals surface area contributed by atoms with Crippen LogP contribution in [-0.4, -0.2) is 56.8 Å². The summed E-state index contributed by atoms with van der Waals surface area (Å²) >= 11 is 0.260. The van der Waals surface area contributed by atoms with E-state index in [1.54, 1.807) is 11.8 Å². The average Bonchev–Trinajstić information content (AvgIpc) is 3.14. The number of furan rings is 1. The quantitative estimate of drug-likeness (QED) is 0.550. The second-order valence-corrected chi connectivity index (χ2v) is 7.36. The van der Waals surface area contributed by atoms with Gasteiger partial charge in [0.05, 0.1) is 32.1 Å². The topological polar surface area (TPSA) is 116 Å². The molecule has 10 heteroatoms. The maximum Gasteiger partial charge on any atom is 0.229 e. The minimum absolute atomic E-state index is 0.206. The van der Waals surface area contributed by atoms with Gasteiger partial charge in [-0.15, -0.1) is 4.37 Å². The number of thioether (sulfide) groups is 1. The number of H-pyrrole nitrogens is 1. The van der Waals surface area contributed by atoms with Gasteiger partial charge in [-0.25, -0.2) is 0 Å². The van der Waals surface area contributed by atoms with Crippen molar-refractivity contribution in [3.63, 3.8) is 0 Å². The summed E-state index contributed by atoms with van der Waals surface area (Å²) < 4.78 is 28.6. The maximum absolute atomic E-state index is 11.1. The first kappa shape index (κ1) is 17.5. The number of nitrogen functional groups attached to an aromatic ring is 1. The Balaban J connectivity index is 1.39. The van der Waals surface area contributed by atoms with Gasteiger partial charge in [0.1, 0.15) is 11.5 Å². The zero-order chi connectivity index (χ0) is 16.8. The highest BCUT2D eigenvalue weighted by Crippen LogP contribution is 2.17. The summed E-state index contributed by atoms with van der Waals surface area (Å²) in [5, 5.41) is 0. The molecule has 3 heterocycles. The third-order valence-corrected chi connectivity index (χ3v) is 5.25. The number of anilines is 1. The first-order chi connectivity index (χ1) is 11.7. The number of hydrogen-bond acceptors (Lipinski definition) is 8. The van der Waals surface area contributed by atoms with Gasteiger partial charge in [-0.05, 0) is 12.1 Å². The Hall–Kier alpha value is -1.33.